The molecular formula is C27H31N3O. The zero-order chi connectivity index (χ0) is 21.5. The van der Waals surface area contributed by atoms with Crippen molar-refractivity contribution in [2.75, 3.05) is 44.7 Å². The summed E-state index contributed by atoms with van der Waals surface area (Å²) in [6.45, 7) is 5.11. The zero-order valence-electron chi connectivity index (χ0n) is 18.3. The van der Waals surface area contributed by atoms with Crippen molar-refractivity contribution in [3.8, 4) is 11.1 Å². The van der Waals surface area contributed by atoms with E-state index in [2.05, 4.69) is 58.6 Å². The van der Waals surface area contributed by atoms with Crippen LogP contribution in [0.25, 0.3) is 11.1 Å². The highest BCUT2D eigenvalue weighted by molar-refractivity contribution is 5.94. The summed E-state index contributed by atoms with van der Waals surface area (Å²) in [4.78, 5) is 17.2. The van der Waals surface area contributed by atoms with Gasteiger partial charge in [-0.1, -0.05) is 54.6 Å². The third-order valence-corrected chi connectivity index (χ3v) is 5.99. The van der Waals surface area contributed by atoms with Crippen LogP contribution in [0.4, 0.5) is 5.69 Å². The predicted molar refractivity (Wildman–Crippen MR) is 129 cm³/mol. The molecule has 1 fully saturated rings. The molecule has 1 saturated heterocycles. The van der Waals surface area contributed by atoms with Crippen molar-refractivity contribution in [1.29, 1.82) is 0 Å². The number of carbonyl (C=O) groups is 1. The van der Waals surface area contributed by atoms with Crippen molar-refractivity contribution in [2.24, 2.45) is 0 Å². The Morgan fingerprint density at radius 1 is 0.806 bits per heavy atom. The Morgan fingerprint density at radius 2 is 1.45 bits per heavy atom. The maximum Gasteiger partial charge on any atom is 0.251 e. The molecule has 0 aromatic heterocycles. The summed E-state index contributed by atoms with van der Waals surface area (Å²) in [6, 6.07) is 26.9. The van der Waals surface area contributed by atoms with Gasteiger partial charge in [0.05, 0.1) is 0 Å². The molecule has 0 spiro atoms. The number of piperazine rings is 1. The summed E-state index contributed by atoms with van der Waals surface area (Å²) in [7, 11) is 2.18. The molecule has 0 unspecified atom stereocenters. The quantitative estimate of drug-likeness (QED) is 0.581. The molecule has 31 heavy (non-hydrogen) atoms. The highest BCUT2D eigenvalue weighted by atomic mass is 16.1. The Labute approximate surface area is 185 Å². The Bertz CT molecular complexity index is 960. The Morgan fingerprint density at radius 3 is 2.13 bits per heavy atom. The van der Waals surface area contributed by atoms with E-state index in [1.165, 1.54) is 11.3 Å². The van der Waals surface area contributed by atoms with Gasteiger partial charge in [-0.25, -0.2) is 0 Å². The minimum Gasteiger partial charge on any atom is -0.369 e. The summed E-state index contributed by atoms with van der Waals surface area (Å²) >= 11 is 0. The number of aryl methyl sites for hydroxylation is 1. The SMILES string of the molecule is CN1CCN(c2ccc(CCCNC(=O)c3ccc(-c4ccccc4)cc3)cc2)CC1. The standard InChI is InChI=1S/C27H31N3O/c1-29-18-20-30(21-19-29)26-15-9-22(10-16-26)6-5-17-28-27(31)25-13-11-24(12-14-25)23-7-3-2-4-8-23/h2-4,7-16H,5-6,17-21H2,1H3,(H,28,31). The number of nitrogens with one attached hydrogen (secondary N) is 1. The van der Waals surface area contributed by atoms with Gasteiger partial charge in [-0.3, -0.25) is 4.79 Å². The summed E-state index contributed by atoms with van der Waals surface area (Å²) < 4.78 is 0. The van der Waals surface area contributed by atoms with Crippen molar-refractivity contribution in [3.05, 3.63) is 90.0 Å². The van der Waals surface area contributed by atoms with Gasteiger partial charge >= 0.3 is 0 Å². The molecule has 4 heteroatoms. The number of rotatable bonds is 7. The van der Waals surface area contributed by atoms with Gasteiger partial charge in [0.25, 0.3) is 5.91 Å². The highest BCUT2D eigenvalue weighted by Crippen LogP contribution is 2.20. The lowest BCUT2D eigenvalue weighted by atomic mass is 10.0. The number of hydrogen-bond donors (Lipinski definition) is 1. The first kappa shape index (κ1) is 21.1. The Kier molecular flexibility index (Phi) is 7.00. The van der Waals surface area contributed by atoms with E-state index in [4.69, 9.17) is 0 Å². The van der Waals surface area contributed by atoms with Gasteiger partial charge in [-0.15, -0.1) is 0 Å². The van der Waals surface area contributed by atoms with Gasteiger partial charge in [-0.05, 0) is 60.8 Å². The van der Waals surface area contributed by atoms with E-state index in [0.29, 0.717) is 12.1 Å². The van der Waals surface area contributed by atoms with Crippen LogP contribution in [0.1, 0.15) is 22.3 Å². The fourth-order valence-electron chi connectivity index (χ4n) is 3.98. The van der Waals surface area contributed by atoms with Crippen molar-refractivity contribution >= 4 is 11.6 Å². The highest BCUT2D eigenvalue weighted by Gasteiger charge is 2.14. The van der Waals surface area contributed by atoms with E-state index in [1.54, 1.807) is 0 Å². The number of benzene rings is 3. The number of likely N-dealkylation sites (N-methyl/N-ethyl adjacent to an activating group) is 1. The minimum absolute atomic E-state index is 0.00924. The van der Waals surface area contributed by atoms with Gasteiger partial charge in [-0.2, -0.15) is 0 Å². The molecule has 0 saturated carbocycles. The lowest BCUT2D eigenvalue weighted by molar-refractivity contribution is 0.0953. The van der Waals surface area contributed by atoms with Crippen LogP contribution >= 0.6 is 0 Å². The molecule has 1 amide bonds. The van der Waals surface area contributed by atoms with E-state index in [-0.39, 0.29) is 5.91 Å². The van der Waals surface area contributed by atoms with Gasteiger partial charge in [0, 0.05) is 44.0 Å². The van der Waals surface area contributed by atoms with Crippen LogP contribution in [0, 0.1) is 0 Å². The second kappa shape index (κ2) is 10.3. The molecule has 0 aliphatic carbocycles. The maximum absolute atomic E-state index is 12.4. The van der Waals surface area contributed by atoms with Crippen molar-refractivity contribution in [2.45, 2.75) is 12.8 Å². The summed E-state index contributed by atoms with van der Waals surface area (Å²) in [5.74, 6) is -0.00924. The Hall–Kier alpha value is -3.11. The number of anilines is 1. The van der Waals surface area contributed by atoms with Gasteiger partial charge < -0.3 is 15.1 Å². The fourth-order valence-corrected chi connectivity index (χ4v) is 3.98. The minimum atomic E-state index is -0.00924. The second-order valence-corrected chi connectivity index (χ2v) is 8.26. The van der Waals surface area contributed by atoms with Crippen LogP contribution < -0.4 is 10.2 Å². The van der Waals surface area contributed by atoms with Crippen LogP contribution in [-0.2, 0) is 6.42 Å². The molecule has 1 aliphatic heterocycles. The topological polar surface area (TPSA) is 35.6 Å². The smallest absolute Gasteiger partial charge is 0.251 e. The number of hydrogen-bond acceptors (Lipinski definition) is 3. The van der Waals surface area contributed by atoms with E-state index in [0.717, 1.165) is 50.1 Å². The third kappa shape index (κ3) is 5.74. The molecule has 3 aromatic carbocycles. The molecule has 3 aromatic rings. The van der Waals surface area contributed by atoms with Gasteiger partial charge in [0.1, 0.15) is 0 Å². The third-order valence-electron chi connectivity index (χ3n) is 5.99. The lowest BCUT2D eigenvalue weighted by Crippen LogP contribution is -2.44. The fraction of sp³-hybridized carbons (Fsp3) is 0.296. The average Bonchev–Trinajstić information content (AvgIpc) is 2.83. The average molecular weight is 414 g/mol. The van der Waals surface area contributed by atoms with Crippen molar-refractivity contribution in [1.82, 2.24) is 10.2 Å². The maximum atomic E-state index is 12.4. The van der Waals surface area contributed by atoms with Gasteiger partial charge in [0.2, 0.25) is 0 Å². The first-order valence-corrected chi connectivity index (χ1v) is 11.2. The van der Waals surface area contributed by atoms with Crippen LogP contribution in [0.15, 0.2) is 78.9 Å². The summed E-state index contributed by atoms with van der Waals surface area (Å²) in [5.41, 5.74) is 5.62. The van der Waals surface area contributed by atoms with Crippen molar-refractivity contribution in [3.63, 3.8) is 0 Å². The normalized spacial score (nSPS) is 14.4. The molecule has 4 nitrogen and oxygen atoms in total. The van der Waals surface area contributed by atoms with Crippen LogP contribution in [-0.4, -0.2) is 50.6 Å². The molecule has 1 aliphatic rings. The monoisotopic (exact) mass is 413 g/mol. The van der Waals surface area contributed by atoms with E-state index < -0.39 is 0 Å². The number of carbonyl (C=O) groups excluding carboxylic acids is 1. The molecule has 160 valence electrons. The number of nitrogens with zero attached hydrogens (tertiary/aromatic N) is 2. The zero-order valence-corrected chi connectivity index (χ0v) is 18.3. The summed E-state index contributed by atoms with van der Waals surface area (Å²) in [6.07, 6.45) is 1.90. The van der Waals surface area contributed by atoms with Crippen LogP contribution in [0.3, 0.4) is 0 Å². The van der Waals surface area contributed by atoms with Crippen LogP contribution in [0.2, 0.25) is 0 Å². The second-order valence-electron chi connectivity index (χ2n) is 8.26. The molecule has 1 heterocycles. The molecule has 4 rings (SSSR count). The summed E-state index contributed by atoms with van der Waals surface area (Å²) in [5, 5.41) is 3.04. The first-order chi connectivity index (χ1) is 15.2. The molecular weight excluding hydrogens is 382 g/mol. The van der Waals surface area contributed by atoms with E-state index >= 15 is 0 Å². The van der Waals surface area contributed by atoms with Crippen LogP contribution in [0.5, 0.6) is 0 Å². The molecule has 0 bridgehead atoms. The first-order valence-electron chi connectivity index (χ1n) is 11.2. The lowest BCUT2D eigenvalue weighted by Gasteiger charge is -2.34. The predicted octanol–water partition coefficient (Wildman–Crippen LogP) is 4.47. The van der Waals surface area contributed by atoms with E-state index in [9.17, 15) is 4.79 Å². The van der Waals surface area contributed by atoms with Gasteiger partial charge in [0.15, 0.2) is 0 Å². The molecule has 1 N–H and O–H groups in total. The molecule has 0 atom stereocenters. The van der Waals surface area contributed by atoms with Crippen molar-refractivity contribution < 1.29 is 4.79 Å². The number of amides is 1. The molecule has 0 radical (unpaired) electrons. The largest absolute Gasteiger partial charge is 0.369 e. The Balaban J connectivity index is 1.21. The van der Waals surface area contributed by atoms with E-state index in [1.807, 2.05) is 42.5 Å².